The van der Waals surface area contributed by atoms with Gasteiger partial charge in [-0.2, -0.15) is 0 Å². The van der Waals surface area contributed by atoms with E-state index in [2.05, 4.69) is 21.6 Å². The summed E-state index contributed by atoms with van der Waals surface area (Å²) in [5, 5.41) is 11.3. The molecule has 0 amide bonds. The number of allylic oxidation sites excluding steroid dienone is 2. The van der Waals surface area contributed by atoms with Crippen molar-refractivity contribution in [2.24, 2.45) is 4.99 Å². The summed E-state index contributed by atoms with van der Waals surface area (Å²) in [6, 6.07) is 9.82. The van der Waals surface area contributed by atoms with Crippen LogP contribution in [-0.2, 0) is 15.8 Å². The highest BCUT2D eigenvalue weighted by Gasteiger charge is 2.09. The third kappa shape index (κ3) is 5.45. The fourth-order valence-corrected chi connectivity index (χ4v) is 3.23. The van der Waals surface area contributed by atoms with E-state index in [1.807, 2.05) is 0 Å². The Morgan fingerprint density at radius 3 is 2.57 bits per heavy atom. The number of rotatable bonds is 8. The normalized spacial score (nSPS) is 12.3. The molecule has 7 nitrogen and oxygen atoms in total. The van der Waals surface area contributed by atoms with Gasteiger partial charge in [0.1, 0.15) is 0 Å². The second-order valence-electron chi connectivity index (χ2n) is 5.97. The summed E-state index contributed by atoms with van der Waals surface area (Å²) >= 11 is 0. The monoisotopic (exact) mass is 398 g/mol. The maximum absolute atomic E-state index is 12.6. The first-order valence-electron chi connectivity index (χ1n) is 8.39. The fraction of sp³-hybridized carbons (Fsp3) is 0.150. The summed E-state index contributed by atoms with van der Waals surface area (Å²) in [6.07, 6.45) is 4.27. The number of fused-ring (bicyclic) bond motifs is 1. The molecule has 0 fully saturated rings. The van der Waals surface area contributed by atoms with Gasteiger partial charge in [0.15, 0.2) is 5.43 Å². The minimum Gasteiger partial charge on any atom is -0.393 e. The number of hydrogen-bond donors (Lipinski definition) is 3. The summed E-state index contributed by atoms with van der Waals surface area (Å²) in [4.78, 5) is 16.9. The lowest BCUT2D eigenvalue weighted by atomic mass is 10.1. The molecule has 0 unspecified atom stereocenters. The van der Waals surface area contributed by atoms with E-state index in [1.54, 1.807) is 43.6 Å². The molecule has 2 rings (SSSR count). The largest absolute Gasteiger partial charge is 0.393 e. The van der Waals surface area contributed by atoms with Crippen LogP contribution in [0.1, 0.15) is 5.56 Å². The minimum atomic E-state index is -3.43. The Labute approximate surface area is 164 Å². The molecule has 0 saturated heterocycles. The second kappa shape index (κ2) is 9.20. The highest BCUT2D eigenvalue weighted by molar-refractivity contribution is 7.88. The van der Waals surface area contributed by atoms with Crippen molar-refractivity contribution in [3.8, 4) is 0 Å². The molecule has 0 aliphatic rings. The third-order valence-corrected chi connectivity index (χ3v) is 5.29. The first kappa shape index (κ1) is 21.2. The second-order valence-corrected chi connectivity index (χ2v) is 7.89. The minimum absolute atomic E-state index is 0.202. The van der Waals surface area contributed by atoms with Crippen LogP contribution in [0.4, 0.5) is 5.69 Å². The van der Waals surface area contributed by atoms with E-state index < -0.39 is 10.0 Å². The van der Waals surface area contributed by atoms with Gasteiger partial charge in [0.25, 0.3) is 0 Å². The van der Waals surface area contributed by atoms with Crippen molar-refractivity contribution in [2.45, 2.75) is 5.75 Å². The Hall–Kier alpha value is -3.10. The van der Waals surface area contributed by atoms with Crippen molar-refractivity contribution in [3.05, 3.63) is 76.1 Å². The highest BCUT2D eigenvalue weighted by atomic mass is 32.2. The molecule has 28 heavy (non-hydrogen) atoms. The zero-order chi connectivity index (χ0) is 20.7. The Balaban J connectivity index is 2.43. The quantitative estimate of drug-likeness (QED) is 0.468. The summed E-state index contributed by atoms with van der Waals surface area (Å²) in [5.74, 6) is -0.202. The average Bonchev–Trinajstić information content (AvgIpc) is 2.82. The molecule has 8 heteroatoms. The van der Waals surface area contributed by atoms with Crippen molar-refractivity contribution in [2.75, 3.05) is 14.1 Å². The van der Waals surface area contributed by atoms with E-state index in [1.165, 1.54) is 19.3 Å². The van der Waals surface area contributed by atoms with Crippen LogP contribution in [0, 0.1) is 5.41 Å². The Morgan fingerprint density at radius 1 is 1.21 bits per heavy atom. The first-order valence-corrected chi connectivity index (χ1v) is 10.0. The average molecular weight is 398 g/mol. The van der Waals surface area contributed by atoms with E-state index in [9.17, 15) is 13.2 Å². The number of nitrogens with one attached hydrogen (secondary N) is 3. The zero-order valence-corrected chi connectivity index (χ0v) is 16.5. The lowest BCUT2D eigenvalue weighted by Gasteiger charge is -2.03. The van der Waals surface area contributed by atoms with Crippen LogP contribution in [0.3, 0.4) is 0 Å². The number of hydrogen-bond acceptors (Lipinski definition) is 6. The number of aliphatic imine (C=N–C) groups is 1. The summed E-state index contributed by atoms with van der Waals surface area (Å²) < 4.78 is 25.7. The fourth-order valence-electron chi connectivity index (χ4n) is 2.47. The van der Waals surface area contributed by atoms with Crippen LogP contribution >= 0.6 is 0 Å². The molecule has 0 aromatic heterocycles. The molecule has 0 saturated carbocycles. The predicted octanol–water partition coefficient (Wildman–Crippen LogP) is 2.26. The van der Waals surface area contributed by atoms with E-state index >= 15 is 0 Å². The molecular weight excluding hydrogens is 376 g/mol. The SMILES string of the molecule is C=C(/C=N\c1ccc2ccc(CS(=O)(=O)NC)cc2c(=O)c1)/C(C=N)=C/NC. The molecule has 2 aromatic rings. The number of nitrogens with zero attached hydrogens (tertiary/aromatic N) is 1. The summed E-state index contributed by atoms with van der Waals surface area (Å²) in [6.45, 7) is 3.86. The Kier molecular flexibility index (Phi) is 6.97. The molecule has 3 N–H and O–H groups in total. The van der Waals surface area contributed by atoms with Crippen molar-refractivity contribution in [1.29, 1.82) is 5.41 Å². The maximum Gasteiger partial charge on any atom is 0.215 e. The van der Waals surface area contributed by atoms with Gasteiger partial charge in [-0.25, -0.2) is 13.1 Å². The van der Waals surface area contributed by atoms with E-state index in [4.69, 9.17) is 5.41 Å². The van der Waals surface area contributed by atoms with E-state index in [0.717, 1.165) is 6.21 Å². The van der Waals surface area contributed by atoms with Gasteiger partial charge in [-0.05, 0) is 35.7 Å². The highest BCUT2D eigenvalue weighted by Crippen LogP contribution is 2.17. The molecule has 2 aromatic carbocycles. The summed E-state index contributed by atoms with van der Waals surface area (Å²) in [7, 11) is -0.358. The molecule has 146 valence electrons. The molecule has 0 aliphatic carbocycles. The van der Waals surface area contributed by atoms with Gasteiger partial charge in [0.2, 0.25) is 10.0 Å². The van der Waals surface area contributed by atoms with Crippen LogP contribution in [0.15, 0.2) is 70.1 Å². The third-order valence-electron chi connectivity index (χ3n) is 3.96. The topological polar surface area (TPSA) is 111 Å². The van der Waals surface area contributed by atoms with Crippen molar-refractivity contribution < 1.29 is 8.42 Å². The first-order chi connectivity index (χ1) is 13.3. The molecule has 0 aliphatic heterocycles. The van der Waals surface area contributed by atoms with E-state index in [-0.39, 0.29) is 11.2 Å². The van der Waals surface area contributed by atoms with Crippen LogP contribution < -0.4 is 15.5 Å². The molecule has 0 bridgehead atoms. The van der Waals surface area contributed by atoms with Crippen LogP contribution in [0.2, 0.25) is 0 Å². The van der Waals surface area contributed by atoms with Crippen LogP contribution in [0.5, 0.6) is 0 Å². The van der Waals surface area contributed by atoms with Gasteiger partial charge in [0.05, 0.1) is 11.4 Å². The lowest BCUT2D eigenvalue weighted by Crippen LogP contribution is -2.20. The smallest absolute Gasteiger partial charge is 0.215 e. The van der Waals surface area contributed by atoms with Gasteiger partial charge in [-0.1, -0.05) is 24.8 Å². The molecule has 0 heterocycles. The molecule has 0 radical (unpaired) electrons. The van der Waals surface area contributed by atoms with Gasteiger partial charge in [-0.15, -0.1) is 0 Å². The van der Waals surface area contributed by atoms with Gasteiger partial charge >= 0.3 is 0 Å². The Morgan fingerprint density at radius 2 is 1.93 bits per heavy atom. The van der Waals surface area contributed by atoms with Crippen LogP contribution in [-0.4, -0.2) is 34.9 Å². The molecule has 0 atom stereocenters. The van der Waals surface area contributed by atoms with Gasteiger partial charge < -0.3 is 10.7 Å². The van der Waals surface area contributed by atoms with Crippen molar-refractivity contribution in [3.63, 3.8) is 0 Å². The van der Waals surface area contributed by atoms with E-state index in [0.29, 0.717) is 33.2 Å². The standard InChI is InChI=1S/C20H22N4O3S/c1-14(17(10-21)12-22-2)11-24-18-7-6-16-5-4-15(13-28(26,27)23-3)8-19(16)20(25)9-18/h4-12,21-23H,1,13H2,2-3H3/b17-12+,21-10?,24-11-. The Bertz CT molecular complexity index is 1140. The predicted molar refractivity (Wildman–Crippen MR) is 115 cm³/mol. The van der Waals surface area contributed by atoms with Gasteiger partial charge in [0, 0.05) is 42.7 Å². The van der Waals surface area contributed by atoms with Crippen molar-refractivity contribution >= 4 is 38.9 Å². The molecular formula is C20H22N4O3S. The van der Waals surface area contributed by atoms with Gasteiger partial charge in [-0.3, -0.25) is 9.79 Å². The zero-order valence-electron chi connectivity index (χ0n) is 15.7. The van der Waals surface area contributed by atoms with Crippen LogP contribution in [0.25, 0.3) is 10.8 Å². The summed E-state index contributed by atoms with van der Waals surface area (Å²) in [5.41, 5.74) is 1.78. The number of benzene rings is 1. The maximum atomic E-state index is 12.6. The molecule has 0 spiro atoms. The van der Waals surface area contributed by atoms with Crippen molar-refractivity contribution in [1.82, 2.24) is 10.0 Å². The lowest BCUT2D eigenvalue weighted by molar-refractivity contribution is 0.587. The number of sulfonamides is 1.